The molecular weight excluding hydrogens is 314 g/mol. The third kappa shape index (κ3) is 2.70. The van der Waals surface area contributed by atoms with E-state index in [4.69, 9.17) is 4.42 Å². The van der Waals surface area contributed by atoms with Gasteiger partial charge >= 0.3 is 0 Å². The highest BCUT2D eigenvalue weighted by atomic mass is 16.3. The van der Waals surface area contributed by atoms with E-state index in [2.05, 4.69) is 10.4 Å². The molecule has 1 N–H and O–H groups in total. The maximum absolute atomic E-state index is 12.6. The zero-order valence-electron chi connectivity index (χ0n) is 14.0. The number of carbonyl (C=O) groups is 1. The summed E-state index contributed by atoms with van der Waals surface area (Å²) in [4.78, 5) is 12.6. The van der Waals surface area contributed by atoms with Crippen LogP contribution < -0.4 is 5.32 Å². The average Bonchev–Trinajstić information content (AvgIpc) is 3.22. The molecule has 0 saturated heterocycles. The average molecular weight is 331 g/mol. The van der Waals surface area contributed by atoms with Crippen molar-refractivity contribution in [2.45, 2.75) is 13.8 Å². The number of benzene rings is 2. The van der Waals surface area contributed by atoms with Gasteiger partial charge in [-0.1, -0.05) is 36.4 Å². The van der Waals surface area contributed by atoms with Crippen LogP contribution in [0.3, 0.4) is 0 Å². The minimum atomic E-state index is -0.300. The number of furan rings is 1. The van der Waals surface area contributed by atoms with Crippen LogP contribution >= 0.6 is 0 Å². The maximum Gasteiger partial charge on any atom is 0.292 e. The first-order valence-electron chi connectivity index (χ1n) is 8.04. The molecule has 0 aliphatic rings. The summed E-state index contributed by atoms with van der Waals surface area (Å²) in [5.41, 5.74) is 3.52. The highest BCUT2D eigenvalue weighted by Crippen LogP contribution is 2.28. The van der Waals surface area contributed by atoms with Crippen molar-refractivity contribution in [1.82, 2.24) is 9.78 Å². The van der Waals surface area contributed by atoms with Crippen LogP contribution in [0.4, 0.5) is 5.82 Å². The SMILES string of the molecule is Cc1c(C(=O)Nc2ccn(-c3ccccc3)n2)oc2c(C)cccc12. The number of hydrogen-bond donors (Lipinski definition) is 1. The Morgan fingerprint density at radius 3 is 2.60 bits per heavy atom. The number of aryl methyl sites for hydroxylation is 2. The van der Waals surface area contributed by atoms with E-state index in [1.807, 2.05) is 62.4 Å². The summed E-state index contributed by atoms with van der Waals surface area (Å²) in [6.45, 7) is 3.86. The largest absolute Gasteiger partial charge is 0.450 e. The Labute approximate surface area is 144 Å². The van der Waals surface area contributed by atoms with Gasteiger partial charge in [-0.15, -0.1) is 0 Å². The zero-order valence-corrected chi connectivity index (χ0v) is 14.0. The quantitative estimate of drug-likeness (QED) is 0.602. The molecule has 0 unspecified atom stereocenters. The van der Waals surface area contributed by atoms with Crippen LogP contribution in [0.15, 0.2) is 65.2 Å². The summed E-state index contributed by atoms with van der Waals surface area (Å²) < 4.78 is 7.52. The Morgan fingerprint density at radius 2 is 1.84 bits per heavy atom. The molecule has 5 heteroatoms. The van der Waals surface area contributed by atoms with E-state index >= 15 is 0 Å². The predicted octanol–water partition coefficient (Wildman–Crippen LogP) is 4.49. The van der Waals surface area contributed by atoms with Gasteiger partial charge in [-0.2, -0.15) is 5.10 Å². The summed E-state index contributed by atoms with van der Waals surface area (Å²) in [5, 5.41) is 8.15. The van der Waals surface area contributed by atoms with Gasteiger partial charge in [-0.05, 0) is 31.5 Å². The van der Waals surface area contributed by atoms with Gasteiger partial charge < -0.3 is 9.73 Å². The number of rotatable bonds is 3. The lowest BCUT2D eigenvalue weighted by atomic mass is 10.1. The summed E-state index contributed by atoms with van der Waals surface area (Å²) in [5.74, 6) is 0.496. The van der Waals surface area contributed by atoms with Gasteiger partial charge in [-0.3, -0.25) is 4.79 Å². The fourth-order valence-corrected chi connectivity index (χ4v) is 2.89. The molecule has 0 aliphatic heterocycles. The van der Waals surface area contributed by atoms with Crippen molar-refractivity contribution in [2.75, 3.05) is 5.32 Å². The number of nitrogens with one attached hydrogen (secondary N) is 1. The van der Waals surface area contributed by atoms with Gasteiger partial charge in [-0.25, -0.2) is 4.68 Å². The van der Waals surface area contributed by atoms with Gasteiger partial charge in [0.15, 0.2) is 11.6 Å². The molecule has 1 amide bonds. The smallest absolute Gasteiger partial charge is 0.292 e. The number of amides is 1. The van der Waals surface area contributed by atoms with Crippen LogP contribution in [-0.2, 0) is 0 Å². The van der Waals surface area contributed by atoms with Gasteiger partial charge in [0, 0.05) is 23.2 Å². The maximum atomic E-state index is 12.6. The second-order valence-corrected chi connectivity index (χ2v) is 5.94. The van der Waals surface area contributed by atoms with Gasteiger partial charge in [0.25, 0.3) is 5.91 Å². The zero-order chi connectivity index (χ0) is 17.4. The van der Waals surface area contributed by atoms with Crippen molar-refractivity contribution < 1.29 is 9.21 Å². The molecule has 0 saturated carbocycles. The summed E-state index contributed by atoms with van der Waals surface area (Å²) >= 11 is 0. The normalized spacial score (nSPS) is 11.0. The summed E-state index contributed by atoms with van der Waals surface area (Å²) in [6.07, 6.45) is 1.81. The molecule has 4 aromatic rings. The second-order valence-electron chi connectivity index (χ2n) is 5.94. The minimum absolute atomic E-state index is 0.300. The highest BCUT2D eigenvalue weighted by Gasteiger charge is 2.19. The first-order valence-corrected chi connectivity index (χ1v) is 8.04. The number of fused-ring (bicyclic) bond motifs is 1. The van der Waals surface area contributed by atoms with Crippen molar-refractivity contribution >= 4 is 22.7 Å². The fourth-order valence-electron chi connectivity index (χ4n) is 2.89. The number of anilines is 1. The number of aromatic nitrogens is 2. The van der Waals surface area contributed by atoms with Crippen LogP contribution in [0.5, 0.6) is 0 Å². The molecule has 0 atom stereocenters. The lowest BCUT2D eigenvalue weighted by Gasteiger charge is -2.01. The van der Waals surface area contributed by atoms with Crippen LogP contribution in [0.1, 0.15) is 21.7 Å². The lowest BCUT2D eigenvalue weighted by molar-refractivity contribution is 0.0997. The van der Waals surface area contributed by atoms with Crippen molar-refractivity contribution in [3.8, 4) is 5.69 Å². The first-order chi connectivity index (χ1) is 12.1. The van der Waals surface area contributed by atoms with Crippen LogP contribution in [0, 0.1) is 13.8 Å². The molecule has 0 bridgehead atoms. The van der Waals surface area contributed by atoms with Gasteiger partial charge in [0.05, 0.1) is 5.69 Å². The number of hydrogen-bond acceptors (Lipinski definition) is 3. The summed E-state index contributed by atoms with van der Waals surface area (Å²) in [6, 6.07) is 17.4. The third-order valence-corrected chi connectivity index (χ3v) is 4.22. The van der Waals surface area contributed by atoms with Crippen molar-refractivity contribution in [3.05, 3.63) is 77.7 Å². The van der Waals surface area contributed by atoms with Crippen LogP contribution in [0.25, 0.3) is 16.7 Å². The molecule has 0 fully saturated rings. The lowest BCUT2D eigenvalue weighted by Crippen LogP contribution is -2.12. The number of carbonyl (C=O) groups excluding carboxylic acids is 1. The molecule has 0 radical (unpaired) electrons. The fraction of sp³-hybridized carbons (Fsp3) is 0.100. The molecular formula is C20H17N3O2. The molecule has 25 heavy (non-hydrogen) atoms. The monoisotopic (exact) mass is 331 g/mol. The van der Waals surface area contributed by atoms with Crippen molar-refractivity contribution in [1.29, 1.82) is 0 Å². The Hall–Kier alpha value is -3.34. The Kier molecular flexibility index (Phi) is 3.61. The molecule has 5 nitrogen and oxygen atoms in total. The van der Waals surface area contributed by atoms with E-state index in [1.54, 1.807) is 16.9 Å². The van der Waals surface area contributed by atoms with E-state index < -0.39 is 0 Å². The molecule has 0 spiro atoms. The van der Waals surface area contributed by atoms with Crippen LogP contribution in [0.2, 0.25) is 0 Å². The first kappa shape index (κ1) is 15.2. The van der Waals surface area contributed by atoms with Gasteiger partial charge in [0.1, 0.15) is 5.58 Å². The highest BCUT2D eigenvalue weighted by molar-refractivity contribution is 6.06. The topological polar surface area (TPSA) is 60.1 Å². The molecule has 4 rings (SSSR count). The van der Waals surface area contributed by atoms with Crippen molar-refractivity contribution in [3.63, 3.8) is 0 Å². The van der Waals surface area contributed by atoms with E-state index in [1.165, 1.54) is 0 Å². The van der Waals surface area contributed by atoms with E-state index in [0.717, 1.165) is 27.8 Å². The van der Waals surface area contributed by atoms with E-state index in [-0.39, 0.29) is 5.91 Å². The molecule has 2 heterocycles. The minimum Gasteiger partial charge on any atom is -0.450 e. The molecule has 2 aromatic carbocycles. The van der Waals surface area contributed by atoms with Crippen LogP contribution in [-0.4, -0.2) is 15.7 Å². The second kappa shape index (κ2) is 5.94. The predicted molar refractivity (Wildman–Crippen MR) is 97.2 cm³/mol. The van der Waals surface area contributed by atoms with E-state index in [9.17, 15) is 4.79 Å². The van der Waals surface area contributed by atoms with E-state index in [0.29, 0.717) is 11.6 Å². The van der Waals surface area contributed by atoms with Gasteiger partial charge in [0.2, 0.25) is 0 Å². The molecule has 124 valence electrons. The molecule has 0 aliphatic carbocycles. The summed E-state index contributed by atoms with van der Waals surface area (Å²) in [7, 11) is 0. The third-order valence-electron chi connectivity index (χ3n) is 4.22. The Morgan fingerprint density at radius 1 is 1.04 bits per heavy atom. The Balaban J connectivity index is 1.62. The standard InChI is InChI=1S/C20H17N3O2/c1-13-7-6-10-16-14(2)19(25-18(13)16)20(24)21-17-11-12-23(22-17)15-8-4-3-5-9-15/h3-12H,1-2H3,(H,21,22,24). The van der Waals surface area contributed by atoms with Crippen molar-refractivity contribution in [2.24, 2.45) is 0 Å². The molecule has 2 aromatic heterocycles. The number of nitrogens with zero attached hydrogens (tertiary/aromatic N) is 2. The Bertz CT molecular complexity index is 1060. The number of para-hydroxylation sites is 2.